The van der Waals surface area contributed by atoms with Crippen molar-refractivity contribution in [2.75, 3.05) is 18.4 Å². The van der Waals surface area contributed by atoms with Crippen LogP contribution in [-0.2, 0) is 11.3 Å². The van der Waals surface area contributed by atoms with Gasteiger partial charge in [-0.1, -0.05) is 41.9 Å². The lowest BCUT2D eigenvalue weighted by atomic mass is 9.84. The molecule has 1 saturated heterocycles. The van der Waals surface area contributed by atoms with E-state index in [4.69, 9.17) is 16.0 Å². The van der Waals surface area contributed by atoms with Crippen molar-refractivity contribution in [3.8, 4) is 0 Å². The fraction of sp³-hybridized carbons (Fsp3) is 0.250. The topological polar surface area (TPSA) is 74.6 Å². The maximum absolute atomic E-state index is 13.0. The van der Waals surface area contributed by atoms with Gasteiger partial charge in [0.15, 0.2) is 0 Å². The number of nitrogens with one attached hydrogen (secondary N) is 2. The molecule has 0 bridgehead atoms. The van der Waals surface area contributed by atoms with E-state index in [2.05, 4.69) is 10.6 Å². The molecule has 7 heteroatoms. The Hall–Kier alpha value is -3.25. The summed E-state index contributed by atoms with van der Waals surface area (Å²) in [6, 6.07) is 20.4. The smallest absolute Gasteiger partial charge is 0.321 e. The molecule has 2 N–H and O–H groups in total. The highest BCUT2D eigenvalue weighted by Gasteiger charge is 2.34. The number of piperidine rings is 1. The molecule has 2 aromatic carbocycles. The molecule has 0 saturated carbocycles. The van der Waals surface area contributed by atoms with Crippen molar-refractivity contribution in [3.05, 3.63) is 89.3 Å². The fourth-order valence-electron chi connectivity index (χ4n) is 3.89. The minimum absolute atomic E-state index is 0.0743. The maximum atomic E-state index is 13.0. The van der Waals surface area contributed by atoms with Gasteiger partial charge in [0.1, 0.15) is 5.76 Å². The number of urea groups is 1. The number of furan rings is 1. The first kappa shape index (κ1) is 21.0. The van der Waals surface area contributed by atoms with E-state index < -0.39 is 0 Å². The van der Waals surface area contributed by atoms with Crippen LogP contribution < -0.4 is 10.6 Å². The molecule has 0 aliphatic carbocycles. The Bertz CT molecular complexity index is 1010. The average molecular weight is 438 g/mol. The van der Waals surface area contributed by atoms with Crippen molar-refractivity contribution in [1.29, 1.82) is 0 Å². The number of hydrogen-bond acceptors (Lipinski definition) is 3. The molecule has 2 atom stereocenters. The van der Waals surface area contributed by atoms with Gasteiger partial charge in [0.25, 0.3) is 0 Å². The van der Waals surface area contributed by atoms with Gasteiger partial charge < -0.3 is 20.0 Å². The number of hydrogen-bond donors (Lipinski definition) is 2. The second kappa shape index (κ2) is 9.71. The largest absolute Gasteiger partial charge is 0.467 e. The molecule has 6 nitrogen and oxygen atoms in total. The Morgan fingerprint density at radius 2 is 1.77 bits per heavy atom. The van der Waals surface area contributed by atoms with Crippen LogP contribution in [0.3, 0.4) is 0 Å². The monoisotopic (exact) mass is 437 g/mol. The predicted octanol–water partition coefficient (Wildman–Crippen LogP) is 4.89. The Kier molecular flexibility index (Phi) is 6.57. The van der Waals surface area contributed by atoms with Crippen molar-refractivity contribution >= 4 is 29.2 Å². The second-order valence-electron chi connectivity index (χ2n) is 7.68. The molecular formula is C24H24ClN3O3. The number of carbonyl (C=O) groups is 2. The van der Waals surface area contributed by atoms with E-state index in [0.29, 0.717) is 42.5 Å². The van der Waals surface area contributed by atoms with Crippen LogP contribution in [0.5, 0.6) is 0 Å². The number of amides is 3. The highest BCUT2D eigenvalue weighted by atomic mass is 35.5. The Balaban J connectivity index is 1.47. The molecule has 3 aromatic rings. The minimum atomic E-state index is -0.315. The zero-order valence-electron chi connectivity index (χ0n) is 17.0. The third-order valence-electron chi connectivity index (χ3n) is 5.49. The first-order chi connectivity index (χ1) is 15.1. The number of halogens is 1. The zero-order valence-corrected chi connectivity index (χ0v) is 17.7. The number of likely N-dealkylation sites (tertiary alicyclic amines) is 1. The minimum Gasteiger partial charge on any atom is -0.467 e. The van der Waals surface area contributed by atoms with Gasteiger partial charge in [0, 0.05) is 29.7 Å². The van der Waals surface area contributed by atoms with E-state index >= 15 is 0 Å². The SMILES string of the molecule is O=C(NCc1ccco1)[C@@H]1C[C@H](c2ccccc2)CN(C(=O)Nc2ccc(Cl)cc2)C1. The van der Waals surface area contributed by atoms with Gasteiger partial charge in [-0.25, -0.2) is 4.79 Å². The summed E-state index contributed by atoms with van der Waals surface area (Å²) in [5.41, 5.74) is 1.78. The summed E-state index contributed by atoms with van der Waals surface area (Å²) in [6.45, 7) is 1.23. The number of carbonyl (C=O) groups excluding carboxylic acids is 2. The summed E-state index contributed by atoms with van der Waals surface area (Å²) in [4.78, 5) is 27.6. The summed E-state index contributed by atoms with van der Waals surface area (Å²) in [5.74, 6) is 0.373. The molecule has 1 fully saturated rings. The van der Waals surface area contributed by atoms with Crippen LogP contribution in [0, 0.1) is 5.92 Å². The lowest BCUT2D eigenvalue weighted by Gasteiger charge is -2.37. The molecule has 31 heavy (non-hydrogen) atoms. The average Bonchev–Trinajstić information content (AvgIpc) is 3.33. The summed E-state index contributed by atoms with van der Waals surface area (Å²) in [5, 5.41) is 6.45. The molecule has 2 heterocycles. The van der Waals surface area contributed by atoms with Crippen molar-refractivity contribution in [1.82, 2.24) is 10.2 Å². The first-order valence-corrected chi connectivity index (χ1v) is 10.6. The van der Waals surface area contributed by atoms with Gasteiger partial charge in [-0.15, -0.1) is 0 Å². The van der Waals surface area contributed by atoms with Crippen molar-refractivity contribution in [2.24, 2.45) is 5.92 Å². The summed E-state index contributed by atoms with van der Waals surface area (Å²) >= 11 is 5.93. The van der Waals surface area contributed by atoms with E-state index in [1.165, 1.54) is 0 Å². The highest BCUT2D eigenvalue weighted by molar-refractivity contribution is 6.30. The van der Waals surface area contributed by atoms with Gasteiger partial charge in [0.2, 0.25) is 5.91 Å². The first-order valence-electron chi connectivity index (χ1n) is 10.2. The van der Waals surface area contributed by atoms with Gasteiger partial charge in [0.05, 0.1) is 18.7 Å². The molecule has 1 aliphatic rings. The van der Waals surface area contributed by atoms with Gasteiger partial charge >= 0.3 is 6.03 Å². The summed E-state index contributed by atoms with van der Waals surface area (Å²) in [7, 11) is 0. The Labute approximate surface area is 186 Å². The second-order valence-corrected chi connectivity index (χ2v) is 8.12. The number of nitrogens with zero attached hydrogens (tertiary/aromatic N) is 1. The maximum Gasteiger partial charge on any atom is 0.321 e. The Morgan fingerprint density at radius 3 is 2.48 bits per heavy atom. The van der Waals surface area contributed by atoms with E-state index in [1.807, 2.05) is 36.4 Å². The fourth-order valence-corrected chi connectivity index (χ4v) is 4.02. The Morgan fingerprint density at radius 1 is 1.00 bits per heavy atom. The van der Waals surface area contributed by atoms with Crippen LogP contribution in [0.2, 0.25) is 5.02 Å². The van der Waals surface area contributed by atoms with E-state index in [9.17, 15) is 9.59 Å². The zero-order chi connectivity index (χ0) is 21.6. The summed E-state index contributed by atoms with van der Waals surface area (Å²) in [6.07, 6.45) is 2.26. The molecule has 0 spiro atoms. The molecule has 3 amide bonds. The lowest BCUT2D eigenvalue weighted by Crippen LogP contribution is -2.49. The van der Waals surface area contributed by atoms with Crippen LogP contribution in [0.4, 0.5) is 10.5 Å². The molecule has 0 radical (unpaired) electrons. The van der Waals surface area contributed by atoms with Crippen LogP contribution >= 0.6 is 11.6 Å². The molecule has 4 rings (SSSR count). The van der Waals surface area contributed by atoms with E-state index in [0.717, 1.165) is 5.56 Å². The molecular weight excluding hydrogens is 414 g/mol. The molecule has 160 valence electrons. The standard InChI is InChI=1S/C24H24ClN3O3/c25-20-8-10-21(11-9-20)27-24(30)28-15-18(17-5-2-1-3-6-17)13-19(16-28)23(29)26-14-22-7-4-12-31-22/h1-12,18-19H,13-16H2,(H,26,29)(H,27,30)/t18-,19+/m0/s1. The van der Waals surface area contributed by atoms with Crippen LogP contribution in [0.1, 0.15) is 23.7 Å². The van der Waals surface area contributed by atoms with E-state index in [-0.39, 0.29) is 23.8 Å². The number of rotatable bonds is 5. The molecule has 1 aliphatic heterocycles. The number of benzene rings is 2. The van der Waals surface area contributed by atoms with Crippen molar-refractivity contribution < 1.29 is 14.0 Å². The van der Waals surface area contributed by atoms with Crippen molar-refractivity contribution in [3.63, 3.8) is 0 Å². The molecule has 0 unspecified atom stereocenters. The third kappa shape index (κ3) is 5.47. The normalized spacial score (nSPS) is 18.4. The lowest BCUT2D eigenvalue weighted by molar-refractivity contribution is -0.126. The number of anilines is 1. The summed E-state index contributed by atoms with van der Waals surface area (Å²) < 4.78 is 5.30. The van der Waals surface area contributed by atoms with Crippen LogP contribution in [-0.4, -0.2) is 29.9 Å². The predicted molar refractivity (Wildman–Crippen MR) is 120 cm³/mol. The van der Waals surface area contributed by atoms with E-state index in [1.54, 1.807) is 41.5 Å². The van der Waals surface area contributed by atoms with Crippen LogP contribution in [0.25, 0.3) is 0 Å². The highest BCUT2D eigenvalue weighted by Crippen LogP contribution is 2.31. The van der Waals surface area contributed by atoms with Gasteiger partial charge in [-0.2, -0.15) is 0 Å². The third-order valence-corrected chi connectivity index (χ3v) is 5.74. The van der Waals surface area contributed by atoms with Gasteiger partial charge in [-0.05, 0) is 48.4 Å². The van der Waals surface area contributed by atoms with Crippen molar-refractivity contribution in [2.45, 2.75) is 18.9 Å². The van der Waals surface area contributed by atoms with Gasteiger partial charge in [-0.3, -0.25) is 4.79 Å². The molecule has 1 aromatic heterocycles. The van der Waals surface area contributed by atoms with Crippen LogP contribution in [0.15, 0.2) is 77.4 Å². The quantitative estimate of drug-likeness (QED) is 0.597.